The first-order valence-corrected chi connectivity index (χ1v) is 6.61. The molecule has 2 nitrogen and oxygen atoms in total. The molecule has 0 heterocycles. The Kier molecular flexibility index (Phi) is 3.87. The molecule has 1 saturated carbocycles. The molecule has 1 aliphatic rings. The molecule has 0 spiro atoms. The highest BCUT2D eigenvalue weighted by Gasteiger charge is 2.41. The third-order valence-corrected chi connectivity index (χ3v) is 4.13. The van der Waals surface area contributed by atoms with Gasteiger partial charge in [0, 0.05) is 18.4 Å². The summed E-state index contributed by atoms with van der Waals surface area (Å²) in [4.78, 5) is 0.339. The van der Waals surface area contributed by atoms with E-state index in [0.717, 1.165) is 6.42 Å². The van der Waals surface area contributed by atoms with E-state index in [1.807, 2.05) is 0 Å². The molecule has 1 aromatic carbocycles. The van der Waals surface area contributed by atoms with Crippen molar-refractivity contribution in [3.8, 4) is 5.75 Å². The third-order valence-electron chi connectivity index (χ3n) is 2.63. The van der Waals surface area contributed by atoms with Gasteiger partial charge in [-0.2, -0.15) is 0 Å². The number of hydrogen-bond donors (Lipinski definition) is 0. The van der Waals surface area contributed by atoms with Gasteiger partial charge in [0.05, 0.1) is 4.47 Å². The summed E-state index contributed by atoms with van der Waals surface area (Å²) in [5.74, 6) is 0.363. The fraction of sp³-hybridized carbons (Fsp3) is 0.455. The van der Waals surface area contributed by atoms with E-state index in [2.05, 4.69) is 31.9 Å². The van der Waals surface area contributed by atoms with Crippen LogP contribution < -0.4 is 4.74 Å². The van der Waals surface area contributed by atoms with Gasteiger partial charge >= 0.3 is 0 Å². The largest absolute Gasteiger partial charge is 0.488 e. The van der Waals surface area contributed by atoms with Crippen molar-refractivity contribution in [3.05, 3.63) is 28.5 Å². The summed E-state index contributed by atoms with van der Waals surface area (Å²) in [5, 5.41) is 0. The molecular formula is C11H11Br2FO2. The van der Waals surface area contributed by atoms with Crippen LogP contribution in [0.3, 0.4) is 0 Å². The maximum atomic E-state index is 13.0. The van der Waals surface area contributed by atoms with Crippen molar-refractivity contribution in [2.24, 2.45) is 0 Å². The quantitative estimate of drug-likeness (QED) is 0.774. The van der Waals surface area contributed by atoms with E-state index in [4.69, 9.17) is 9.47 Å². The Morgan fingerprint density at radius 2 is 2.19 bits per heavy atom. The molecule has 0 radical (unpaired) electrons. The lowest BCUT2D eigenvalue weighted by atomic mass is 9.91. The second-order valence-corrected chi connectivity index (χ2v) is 5.71. The van der Waals surface area contributed by atoms with Gasteiger partial charge in [-0.3, -0.25) is 0 Å². The topological polar surface area (TPSA) is 18.5 Å². The zero-order valence-corrected chi connectivity index (χ0v) is 11.8. The molecule has 0 N–H and O–H groups in total. The second kappa shape index (κ2) is 5.02. The van der Waals surface area contributed by atoms with Gasteiger partial charge in [-0.15, -0.1) is 0 Å². The molecule has 5 heteroatoms. The highest BCUT2D eigenvalue weighted by atomic mass is 79.9. The molecule has 0 aliphatic heterocycles. The molecule has 1 fully saturated rings. The fourth-order valence-corrected chi connectivity index (χ4v) is 2.95. The lowest BCUT2D eigenvalue weighted by molar-refractivity contribution is -0.0545. The second-order valence-electron chi connectivity index (χ2n) is 3.68. The van der Waals surface area contributed by atoms with Crippen molar-refractivity contribution >= 4 is 31.9 Å². The van der Waals surface area contributed by atoms with Crippen LogP contribution in [0.4, 0.5) is 4.39 Å². The van der Waals surface area contributed by atoms with Crippen LogP contribution in [0.2, 0.25) is 0 Å². The van der Waals surface area contributed by atoms with Crippen molar-refractivity contribution in [3.63, 3.8) is 0 Å². The number of benzene rings is 1. The zero-order chi connectivity index (χ0) is 11.7. The van der Waals surface area contributed by atoms with Crippen LogP contribution in [0.5, 0.6) is 5.75 Å². The summed E-state index contributed by atoms with van der Waals surface area (Å²) in [6.45, 7) is 0. The predicted octanol–water partition coefficient (Wildman–Crippen LogP) is 3.52. The van der Waals surface area contributed by atoms with Crippen LogP contribution >= 0.6 is 31.9 Å². The number of ether oxygens (including phenoxy) is 2. The highest BCUT2D eigenvalue weighted by molar-refractivity contribution is 9.10. The van der Waals surface area contributed by atoms with E-state index in [1.54, 1.807) is 19.2 Å². The first-order chi connectivity index (χ1) is 7.61. The van der Waals surface area contributed by atoms with Gasteiger partial charge in [0.1, 0.15) is 23.8 Å². The van der Waals surface area contributed by atoms with Crippen LogP contribution in [0.1, 0.15) is 6.42 Å². The Morgan fingerprint density at radius 3 is 2.75 bits per heavy atom. The lowest BCUT2D eigenvalue weighted by Crippen LogP contribution is -2.51. The van der Waals surface area contributed by atoms with Crippen molar-refractivity contribution in [1.82, 2.24) is 0 Å². The SMILES string of the molecule is COC1C(Br)CC1Oc1ccc(F)c(Br)c1. The molecule has 88 valence electrons. The number of hydrogen-bond acceptors (Lipinski definition) is 2. The first-order valence-electron chi connectivity index (χ1n) is 4.90. The molecule has 0 bridgehead atoms. The highest BCUT2D eigenvalue weighted by Crippen LogP contribution is 2.34. The molecule has 2 rings (SSSR count). The monoisotopic (exact) mass is 352 g/mol. The van der Waals surface area contributed by atoms with Crippen LogP contribution in [-0.4, -0.2) is 24.1 Å². The molecule has 3 atom stereocenters. The molecule has 0 aromatic heterocycles. The minimum atomic E-state index is -0.289. The Labute approximate surface area is 110 Å². The molecule has 1 aromatic rings. The number of halogens is 3. The van der Waals surface area contributed by atoms with Crippen molar-refractivity contribution in [2.75, 3.05) is 7.11 Å². The number of methoxy groups -OCH3 is 1. The molecular weight excluding hydrogens is 343 g/mol. The summed E-state index contributed by atoms with van der Waals surface area (Å²) in [6, 6.07) is 4.63. The standard InChI is InChI=1S/C11H11Br2FO2/c1-15-11-8(13)5-10(11)16-6-2-3-9(14)7(12)4-6/h2-4,8,10-11H,5H2,1H3. The van der Waals surface area contributed by atoms with Crippen LogP contribution in [0, 0.1) is 5.82 Å². The van der Waals surface area contributed by atoms with E-state index < -0.39 is 0 Å². The van der Waals surface area contributed by atoms with E-state index in [-0.39, 0.29) is 18.0 Å². The Bertz CT molecular complexity index is 386. The van der Waals surface area contributed by atoms with Crippen LogP contribution in [-0.2, 0) is 4.74 Å². The smallest absolute Gasteiger partial charge is 0.137 e. The third kappa shape index (κ3) is 2.41. The van der Waals surface area contributed by atoms with E-state index >= 15 is 0 Å². The van der Waals surface area contributed by atoms with Gasteiger partial charge in [-0.05, 0) is 34.1 Å². The van der Waals surface area contributed by atoms with Gasteiger partial charge < -0.3 is 9.47 Å². The summed E-state index contributed by atoms with van der Waals surface area (Å²) in [7, 11) is 1.66. The summed E-state index contributed by atoms with van der Waals surface area (Å²) in [6.07, 6.45) is 0.989. The summed E-state index contributed by atoms with van der Waals surface area (Å²) < 4.78 is 24.4. The Morgan fingerprint density at radius 1 is 1.44 bits per heavy atom. The van der Waals surface area contributed by atoms with Gasteiger partial charge in [-0.25, -0.2) is 4.39 Å². The van der Waals surface area contributed by atoms with Crippen LogP contribution in [0.15, 0.2) is 22.7 Å². The molecule has 0 amide bonds. The van der Waals surface area contributed by atoms with E-state index in [9.17, 15) is 4.39 Å². The maximum absolute atomic E-state index is 13.0. The first kappa shape index (κ1) is 12.3. The van der Waals surface area contributed by atoms with Gasteiger partial charge in [0.2, 0.25) is 0 Å². The Balaban J connectivity index is 2.02. The average Bonchev–Trinajstić information content (AvgIpc) is 2.23. The van der Waals surface area contributed by atoms with E-state index in [0.29, 0.717) is 15.0 Å². The number of rotatable bonds is 3. The zero-order valence-electron chi connectivity index (χ0n) is 8.62. The van der Waals surface area contributed by atoms with Crippen molar-refractivity contribution in [1.29, 1.82) is 0 Å². The maximum Gasteiger partial charge on any atom is 0.137 e. The van der Waals surface area contributed by atoms with E-state index in [1.165, 1.54) is 6.07 Å². The Hall–Kier alpha value is -0.130. The normalized spacial score (nSPS) is 28.6. The van der Waals surface area contributed by atoms with Crippen molar-refractivity contribution < 1.29 is 13.9 Å². The summed E-state index contributed by atoms with van der Waals surface area (Å²) >= 11 is 6.62. The van der Waals surface area contributed by atoms with Crippen molar-refractivity contribution in [2.45, 2.75) is 23.5 Å². The van der Waals surface area contributed by atoms with Gasteiger partial charge in [0.25, 0.3) is 0 Å². The molecule has 0 saturated heterocycles. The predicted molar refractivity (Wildman–Crippen MR) is 66.6 cm³/mol. The van der Waals surface area contributed by atoms with Gasteiger partial charge in [-0.1, -0.05) is 15.9 Å². The van der Waals surface area contributed by atoms with Crippen LogP contribution in [0.25, 0.3) is 0 Å². The lowest BCUT2D eigenvalue weighted by Gasteiger charge is -2.40. The average molecular weight is 354 g/mol. The molecule has 1 aliphatic carbocycles. The number of alkyl halides is 1. The summed E-state index contributed by atoms with van der Waals surface area (Å²) in [5.41, 5.74) is 0. The fourth-order valence-electron chi connectivity index (χ4n) is 1.67. The molecule has 3 unspecified atom stereocenters. The minimum absolute atomic E-state index is 0.0340. The van der Waals surface area contributed by atoms with Gasteiger partial charge in [0.15, 0.2) is 0 Å². The molecule has 16 heavy (non-hydrogen) atoms. The minimum Gasteiger partial charge on any atom is -0.488 e.